The van der Waals surface area contributed by atoms with Crippen LogP contribution in [0.5, 0.6) is 5.88 Å². The monoisotopic (exact) mass is 359 g/mol. The number of aryl methyl sites for hydroxylation is 1. The van der Waals surface area contributed by atoms with E-state index in [1.807, 2.05) is 36.4 Å². The fourth-order valence-corrected chi connectivity index (χ4v) is 3.47. The molecule has 0 unspecified atom stereocenters. The molecule has 1 N–H and O–H groups in total. The highest BCUT2D eigenvalue weighted by molar-refractivity contribution is 5.95. The quantitative estimate of drug-likeness (QED) is 0.314. The summed E-state index contributed by atoms with van der Waals surface area (Å²) in [5.74, 6) is 0.598. The second kappa shape index (κ2) is 6.92. The van der Waals surface area contributed by atoms with E-state index in [4.69, 9.17) is 11.6 Å². The van der Waals surface area contributed by atoms with Crippen molar-refractivity contribution in [2.45, 2.75) is 19.5 Å². The second-order valence-electron chi connectivity index (χ2n) is 6.27. The average Bonchev–Trinajstić information content (AvgIpc) is 3.17. The van der Waals surface area contributed by atoms with Crippen molar-refractivity contribution in [2.75, 3.05) is 6.54 Å². The average molecular weight is 359 g/mol. The molecule has 2 aromatic carbocycles. The topological polar surface area (TPSA) is 76.8 Å². The molecule has 4 rings (SSSR count). The van der Waals surface area contributed by atoms with Crippen molar-refractivity contribution in [1.29, 1.82) is 0 Å². The van der Waals surface area contributed by atoms with Crippen LogP contribution in [0.4, 0.5) is 5.69 Å². The van der Waals surface area contributed by atoms with Crippen molar-refractivity contribution in [3.05, 3.63) is 70.7 Å². The Kier molecular flexibility index (Phi) is 4.30. The van der Waals surface area contributed by atoms with Gasteiger partial charge >= 0.3 is 0 Å². The summed E-state index contributed by atoms with van der Waals surface area (Å²) in [6, 6.07) is 15.1. The molecule has 0 radical (unpaired) electrons. The minimum absolute atomic E-state index is 0.0428. The van der Waals surface area contributed by atoms with Gasteiger partial charge in [0.05, 0.1) is 23.1 Å². The van der Waals surface area contributed by atoms with Crippen LogP contribution in [-0.2, 0) is 13.1 Å². The number of para-hydroxylation sites is 3. The van der Waals surface area contributed by atoms with E-state index in [0.717, 1.165) is 28.8 Å². The van der Waals surface area contributed by atoms with Gasteiger partial charge in [0.2, 0.25) is 12.4 Å². The van der Waals surface area contributed by atoms with Crippen molar-refractivity contribution < 1.29 is 5.11 Å². The van der Waals surface area contributed by atoms with Gasteiger partial charge in [0.15, 0.2) is 5.69 Å². The van der Waals surface area contributed by atoms with Crippen LogP contribution >= 0.6 is 0 Å². The highest BCUT2D eigenvalue weighted by Gasteiger charge is 2.19. The Morgan fingerprint density at radius 1 is 1.07 bits per heavy atom. The van der Waals surface area contributed by atoms with E-state index in [1.54, 1.807) is 16.7 Å². The maximum absolute atomic E-state index is 11.2. The maximum Gasteiger partial charge on any atom is 0.222 e. The van der Waals surface area contributed by atoms with E-state index in [0.29, 0.717) is 25.0 Å². The van der Waals surface area contributed by atoms with Crippen LogP contribution in [0.3, 0.4) is 0 Å². The molecule has 0 bridgehead atoms. The highest BCUT2D eigenvalue weighted by atomic mass is 16.3. The Bertz CT molecular complexity index is 1180. The first-order valence-electron chi connectivity index (χ1n) is 8.65. The fourth-order valence-electron chi connectivity index (χ4n) is 3.47. The first-order chi connectivity index (χ1) is 13.2. The molecule has 134 valence electrons. The summed E-state index contributed by atoms with van der Waals surface area (Å²) in [6.07, 6.45) is 0.719. The molecule has 0 atom stereocenters. The van der Waals surface area contributed by atoms with Crippen LogP contribution in [0.15, 0.2) is 53.7 Å². The predicted octanol–water partition coefficient (Wildman–Crippen LogP) is 4.45. The summed E-state index contributed by atoms with van der Waals surface area (Å²) in [4.78, 5) is 19.4. The molecule has 0 saturated heterocycles. The van der Waals surface area contributed by atoms with Gasteiger partial charge in [-0.2, -0.15) is 0 Å². The smallest absolute Gasteiger partial charge is 0.222 e. The van der Waals surface area contributed by atoms with Gasteiger partial charge < -0.3 is 19.1 Å². The molecular formula is C20H17N5O2. The normalized spacial score (nSPS) is 11.1. The summed E-state index contributed by atoms with van der Waals surface area (Å²) in [5.41, 5.74) is 2.62. The van der Waals surface area contributed by atoms with E-state index in [9.17, 15) is 10.0 Å². The molecule has 0 fully saturated rings. The number of aromatic nitrogens is 3. The van der Waals surface area contributed by atoms with Crippen LogP contribution in [0.25, 0.3) is 26.8 Å². The van der Waals surface area contributed by atoms with Gasteiger partial charge in [-0.05, 0) is 23.4 Å². The second-order valence-corrected chi connectivity index (χ2v) is 6.27. The lowest BCUT2D eigenvalue weighted by atomic mass is 10.2. The predicted molar refractivity (Wildman–Crippen MR) is 104 cm³/mol. The standard InChI is InChI=1S/C20H17N5O2/c1-21-11-6-12-24-17-10-5-3-8-15(17)22-18(24)13-25-16-9-4-2-7-14(16)19(23-27)20(25)26/h2-5,7-10,26H,6,11-13H2. The molecule has 0 aliphatic carbocycles. The van der Waals surface area contributed by atoms with Crippen molar-refractivity contribution in [2.24, 2.45) is 5.18 Å². The third-order valence-electron chi connectivity index (χ3n) is 4.69. The third-order valence-corrected chi connectivity index (χ3v) is 4.69. The van der Waals surface area contributed by atoms with E-state index in [-0.39, 0.29) is 11.6 Å². The number of nitrogens with zero attached hydrogens (tertiary/aromatic N) is 5. The van der Waals surface area contributed by atoms with Crippen LogP contribution < -0.4 is 0 Å². The van der Waals surface area contributed by atoms with Gasteiger partial charge in [0.25, 0.3) is 0 Å². The van der Waals surface area contributed by atoms with Crippen LogP contribution in [0.2, 0.25) is 0 Å². The van der Waals surface area contributed by atoms with E-state index >= 15 is 0 Å². The minimum atomic E-state index is -0.161. The molecule has 0 aliphatic rings. The van der Waals surface area contributed by atoms with Crippen molar-refractivity contribution >= 4 is 27.6 Å². The first kappa shape index (κ1) is 16.8. The first-order valence-corrected chi connectivity index (χ1v) is 8.65. The van der Waals surface area contributed by atoms with Crippen LogP contribution in [-0.4, -0.2) is 25.8 Å². The zero-order valence-corrected chi connectivity index (χ0v) is 14.5. The number of hydrogen-bond donors (Lipinski definition) is 1. The zero-order valence-electron chi connectivity index (χ0n) is 14.5. The van der Waals surface area contributed by atoms with Crippen molar-refractivity contribution in [3.8, 4) is 5.88 Å². The summed E-state index contributed by atoms with van der Waals surface area (Å²) >= 11 is 0. The minimum Gasteiger partial charge on any atom is -0.493 e. The van der Waals surface area contributed by atoms with Gasteiger partial charge in [-0.1, -0.05) is 30.3 Å². The van der Waals surface area contributed by atoms with Gasteiger partial charge in [-0.25, -0.2) is 11.6 Å². The number of benzene rings is 2. The number of imidazole rings is 1. The summed E-state index contributed by atoms with van der Waals surface area (Å²) < 4.78 is 3.72. The number of nitroso groups, excluding NO2 is 1. The molecular weight excluding hydrogens is 342 g/mol. The van der Waals surface area contributed by atoms with Gasteiger partial charge in [0, 0.05) is 18.4 Å². The van der Waals surface area contributed by atoms with E-state index in [1.165, 1.54) is 0 Å². The van der Waals surface area contributed by atoms with E-state index in [2.05, 4.69) is 14.6 Å². The number of hydrogen-bond acceptors (Lipinski definition) is 4. The maximum atomic E-state index is 11.2. The number of aromatic hydroxyl groups is 1. The van der Waals surface area contributed by atoms with Gasteiger partial charge in [-0.15, -0.1) is 4.91 Å². The van der Waals surface area contributed by atoms with Crippen LogP contribution in [0, 0.1) is 11.5 Å². The molecule has 27 heavy (non-hydrogen) atoms. The SMILES string of the molecule is [C-]#[N+]CCCn1c(Cn2c(O)c(N=O)c3ccccc32)nc2ccccc21. The molecule has 0 saturated carbocycles. The molecule has 7 heteroatoms. The highest BCUT2D eigenvalue weighted by Crippen LogP contribution is 2.38. The molecule has 0 amide bonds. The summed E-state index contributed by atoms with van der Waals surface area (Å²) in [5, 5.41) is 14.2. The zero-order chi connectivity index (χ0) is 18.8. The molecule has 0 aliphatic heterocycles. The molecule has 7 nitrogen and oxygen atoms in total. The largest absolute Gasteiger partial charge is 0.493 e. The lowest BCUT2D eigenvalue weighted by Gasteiger charge is -2.10. The molecule has 4 aromatic rings. The fraction of sp³-hybridized carbons (Fsp3) is 0.200. The Labute approximate surface area is 155 Å². The van der Waals surface area contributed by atoms with Crippen LogP contribution in [0.1, 0.15) is 12.2 Å². The molecule has 0 spiro atoms. The van der Waals surface area contributed by atoms with Gasteiger partial charge in [0.1, 0.15) is 5.82 Å². The molecule has 2 aromatic heterocycles. The molecule has 2 heterocycles. The van der Waals surface area contributed by atoms with Gasteiger partial charge in [-0.3, -0.25) is 0 Å². The Morgan fingerprint density at radius 2 is 1.81 bits per heavy atom. The van der Waals surface area contributed by atoms with Crippen molar-refractivity contribution in [1.82, 2.24) is 14.1 Å². The van der Waals surface area contributed by atoms with Crippen molar-refractivity contribution in [3.63, 3.8) is 0 Å². The lowest BCUT2D eigenvalue weighted by Crippen LogP contribution is -2.09. The summed E-state index contributed by atoms with van der Waals surface area (Å²) in [6.45, 7) is 8.40. The lowest BCUT2D eigenvalue weighted by molar-refractivity contribution is 0.426. The Balaban J connectivity index is 1.84. The third kappa shape index (κ3) is 2.81. The Morgan fingerprint density at radius 3 is 2.59 bits per heavy atom. The number of fused-ring (bicyclic) bond motifs is 2. The van der Waals surface area contributed by atoms with E-state index < -0.39 is 0 Å². The number of rotatable bonds is 6. The Hall–Kier alpha value is -3.66. The summed E-state index contributed by atoms with van der Waals surface area (Å²) in [7, 11) is 0.